The van der Waals surface area contributed by atoms with E-state index in [1.54, 1.807) is 32.5 Å². The summed E-state index contributed by atoms with van der Waals surface area (Å²) >= 11 is 0. The molecular weight excluding hydrogens is 272 g/mol. The van der Waals surface area contributed by atoms with Crippen LogP contribution in [0.4, 0.5) is 0 Å². The Balaban J connectivity index is 1.99. The van der Waals surface area contributed by atoms with Gasteiger partial charge in [-0.05, 0) is 30.7 Å². The van der Waals surface area contributed by atoms with Crippen molar-refractivity contribution in [1.29, 1.82) is 0 Å². The SMILES string of the molecule is COCCn1cnnc1CNC(=O)c1ccc(O)cc1C. The average molecular weight is 290 g/mol. The smallest absolute Gasteiger partial charge is 0.251 e. The van der Waals surface area contributed by atoms with Gasteiger partial charge in [-0.2, -0.15) is 0 Å². The molecule has 2 rings (SSSR count). The molecule has 21 heavy (non-hydrogen) atoms. The van der Waals surface area contributed by atoms with Crippen molar-refractivity contribution in [3.63, 3.8) is 0 Å². The summed E-state index contributed by atoms with van der Waals surface area (Å²) in [7, 11) is 1.62. The number of hydrogen-bond acceptors (Lipinski definition) is 5. The van der Waals surface area contributed by atoms with Gasteiger partial charge in [0.1, 0.15) is 12.1 Å². The molecule has 2 N–H and O–H groups in total. The van der Waals surface area contributed by atoms with Gasteiger partial charge in [-0.1, -0.05) is 0 Å². The molecule has 0 aliphatic carbocycles. The molecule has 0 bridgehead atoms. The third-order valence-corrected chi connectivity index (χ3v) is 3.09. The number of phenols is 1. The Labute approximate surface area is 122 Å². The minimum Gasteiger partial charge on any atom is -0.508 e. The molecule has 7 nitrogen and oxygen atoms in total. The molecule has 1 amide bonds. The largest absolute Gasteiger partial charge is 0.508 e. The lowest BCUT2D eigenvalue weighted by Crippen LogP contribution is -2.25. The Morgan fingerprint density at radius 1 is 1.48 bits per heavy atom. The Kier molecular flexibility index (Phi) is 4.89. The molecular formula is C14H18N4O3. The van der Waals surface area contributed by atoms with Gasteiger partial charge in [0.2, 0.25) is 0 Å². The van der Waals surface area contributed by atoms with Crippen molar-refractivity contribution in [2.75, 3.05) is 13.7 Å². The first-order valence-electron chi connectivity index (χ1n) is 6.55. The first kappa shape index (κ1) is 15.0. The molecule has 0 fully saturated rings. The number of aromatic nitrogens is 3. The molecule has 1 aromatic carbocycles. The molecule has 0 aliphatic rings. The lowest BCUT2D eigenvalue weighted by atomic mass is 10.1. The number of carbonyl (C=O) groups is 1. The van der Waals surface area contributed by atoms with Gasteiger partial charge in [-0.15, -0.1) is 10.2 Å². The molecule has 0 spiro atoms. The summed E-state index contributed by atoms with van der Waals surface area (Å²) in [4.78, 5) is 12.1. The first-order valence-corrected chi connectivity index (χ1v) is 6.55. The standard InChI is InChI=1S/C14H18N4O3/c1-10-7-11(19)3-4-12(10)14(20)15-8-13-17-16-9-18(13)5-6-21-2/h3-4,7,9,19H,5-6,8H2,1-2H3,(H,15,20). The highest BCUT2D eigenvalue weighted by Gasteiger charge is 2.11. The number of hydrogen-bond donors (Lipinski definition) is 2. The molecule has 0 saturated carbocycles. The highest BCUT2D eigenvalue weighted by Crippen LogP contribution is 2.15. The van der Waals surface area contributed by atoms with E-state index in [0.29, 0.717) is 30.1 Å². The van der Waals surface area contributed by atoms with Crippen LogP contribution in [0.1, 0.15) is 21.7 Å². The van der Waals surface area contributed by atoms with Crippen LogP contribution in [0.3, 0.4) is 0 Å². The van der Waals surface area contributed by atoms with E-state index in [1.165, 1.54) is 6.07 Å². The maximum atomic E-state index is 12.1. The summed E-state index contributed by atoms with van der Waals surface area (Å²) in [5, 5.41) is 19.9. The van der Waals surface area contributed by atoms with E-state index in [1.807, 2.05) is 4.57 Å². The van der Waals surface area contributed by atoms with Crippen LogP contribution in [0.15, 0.2) is 24.5 Å². The van der Waals surface area contributed by atoms with E-state index in [-0.39, 0.29) is 18.2 Å². The van der Waals surface area contributed by atoms with Gasteiger partial charge in [-0.3, -0.25) is 4.79 Å². The number of carbonyl (C=O) groups excluding carboxylic acids is 1. The minimum absolute atomic E-state index is 0.142. The number of amides is 1. The number of aromatic hydroxyl groups is 1. The highest BCUT2D eigenvalue weighted by molar-refractivity contribution is 5.95. The van der Waals surface area contributed by atoms with Crippen molar-refractivity contribution in [3.8, 4) is 5.75 Å². The zero-order valence-corrected chi connectivity index (χ0v) is 12.0. The van der Waals surface area contributed by atoms with Crippen LogP contribution in [0, 0.1) is 6.92 Å². The Bertz CT molecular complexity index is 624. The predicted molar refractivity (Wildman–Crippen MR) is 75.9 cm³/mol. The van der Waals surface area contributed by atoms with Crippen molar-refractivity contribution < 1.29 is 14.6 Å². The maximum absolute atomic E-state index is 12.1. The third-order valence-electron chi connectivity index (χ3n) is 3.09. The van der Waals surface area contributed by atoms with Crippen LogP contribution >= 0.6 is 0 Å². The number of benzene rings is 1. The van der Waals surface area contributed by atoms with E-state index in [0.717, 1.165) is 0 Å². The van der Waals surface area contributed by atoms with Crippen LogP contribution in [0.2, 0.25) is 0 Å². The van der Waals surface area contributed by atoms with Gasteiger partial charge in [-0.25, -0.2) is 0 Å². The van der Waals surface area contributed by atoms with Crippen molar-refractivity contribution in [3.05, 3.63) is 41.5 Å². The topological polar surface area (TPSA) is 89.3 Å². The van der Waals surface area contributed by atoms with E-state index in [2.05, 4.69) is 15.5 Å². The molecule has 1 heterocycles. The number of methoxy groups -OCH3 is 1. The van der Waals surface area contributed by atoms with Gasteiger partial charge in [0.15, 0.2) is 5.82 Å². The zero-order valence-electron chi connectivity index (χ0n) is 12.0. The molecule has 0 radical (unpaired) electrons. The normalized spacial score (nSPS) is 10.6. The fraction of sp³-hybridized carbons (Fsp3) is 0.357. The second-order valence-electron chi connectivity index (χ2n) is 4.62. The molecule has 0 unspecified atom stereocenters. The average Bonchev–Trinajstić information content (AvgIpc) is 2.90. The van der Waals surface area contributed by atoms with Crippen LogP contribution in [0.25, 0.3) is 0 Å². The summed E-state index contributed by atoms with van der Waals surface area (Å²) in [6.45, 7) is 3.24. The van der Waals surface area contributed by atoms with Gasteiger partial charge in [0, 0.05) is 19.2 Å². The van der Waals surface area contributed by atoms with Gasteiger partial charge in [0.25, 0.3) is 5.91 Å². The molecule has 0 saturated heterocycles. The maximum Gasteiger partial charge on any atom is 0.251 e. The van der Waals surface area contributed by atoms with Crippen LogP contribution in [-0.4, -0.2) is 39.5 Å². The molecule has 1 aromatic heterocycles. The van der Waals surface area contributed by atoms with E-state index < -0.39 is 0 Å². The zero-order chi connectivity index (χ0) is 15.2. The number of aryl methyl sites for hydroxylation is 1. The second-order valence-corrected chi connectivity index (χ2v) is 4.62. The van der Waals surface area contributed by atoms with Crippen LogP contribution in [-0.2, 0) is 17.8 Å². The predicted octanol–water partition coefficient (Wildman–Crippen LogP) is 0.869. The van der Waals surface area contributed by atoms with Crippen LogP contribution in [0.5, 0.6) is 5.75 Å². The first-order chi connectivity index (χ1) is 10.1. The summed E-state index contributed by atoms with van der Waals surface area (Å²) in [6.07, 6.45) is 1.60. The monoisotopic (exact) mass is 290 g/mol. The summed E-state index contributed by atoms with van der Waals surface area (Å²) in [6, 6.07) is 4.63. The third kappa shape index (κ3) is 3.79. The quantitative estimate of drug-likeness (QED) is 0.824. The lowest BCUT2D eigenvalue weighted by molar-refractivity contribution is 0.0948. The molecule has 0 atom stereocenters. The van der Waals surface area contributed by atoms with Crippen molar-refractivity contribution >= 4 is 5.91 Å². The summed E-state index contributed by atoms with van der Waals surface area (Å²) in [5.74, 6) is 0.592. The number of rotatable bonds is 6. The molecule has 0 aliphatic heterocycles. The number of nitrogens with zero attached hydrogens (tertiary/aromatic N) is 3. The molecule has 7 heteroatoms. The summed E-state index contributed by atoms with van der Waals surface area (Å²) < 4.78 is 6.83. The van der Waals surface area contributed by atoms with Crippen molar-refractivity contribution in [1.82, 2.24) is 20.1 Å². The second kappa shape index (κ2) is 6.85. The van der Waals surface area contributed by atoms with Gasteiger partial charge >= 0.3 is 0 Å². The van der Waals surface area contributed by atoms with E-state index in [4.69, 9.17) is 4.74 Å². The Morgan fingerprint density at radius 3 is 3.00 bits per heavy atom. The summed E-state index contributed by atoms with van der Waals surface area (Å²) in [5.41, 5.74) is 1.24. The lowest BCUT2D eigenvalue weighted by Gasteiger charge is -2.09. The van der Waals surface area contributed by atoms with E-state index >= 15 is 0 Å². The number of nitrogens with one attached hydrogen (secondary N) is 1. The molecule has 2 aromatic rings. The number of phenolic OH excluding ortho intramolecular Hbond substituents is 1. The highest BCUT2D eigenvalue weighted by atomic mass is 16.5. The van der Waals surface area contributed by atoms with E-state index in [9.17, 15) is 9.90 Å². The van der Waals surface area contributed by atoms with Gasteiger partial charge < -0.3 is 19.7 Å². The Morgan fingerprint density at radius 2 is 2.29 bits per heavy atom. The fourth-order valence-electron chi connectivity index (χ4n) is 1.95. The van der Waals surface area contributed by atoms with Crippen molar-refractivity contribution in [2.24, 2.45) is 0 Å². The minimum atomic E-state index is -0.214. The fourth-order valence-corrected chi connectivity index (χ4v) is 1.95. The Hall–Kier alpha value is -2.41. The van der Waals surface area contributed by atoms with Crippen LogP contribution < -0.4 is 5.32 Å². The van der Waals surface area contributed by atoms with Gasteiger partial charge in [0.05, 0.1) is 13.2 Å². The number of ether oxygens (including phenoxy) is 1. The van der Waals surface area contributed by atoms with Crippen molar-refractivity contribution in [2.45, 2.75) is 20.0 Å². The molecule has 112 valence electrons.